The Bertz CT molecular complexity index is 618. The van der Waals surface area contributed by atoms with E-state index in [0.29, 0.717) is 6.61 Å². The molecule has 4 heteroatoms. The standard InChI is InChI=1S/C16H18N2O2/c1-13-14(2)18(12-17-13)9-11-20-16-7-5-15(6-8-16)4-3-10-19/h5-8,12,19H,9-11H2,1-2H3. The third-order valence-corrected chi connectivity index (χ3v) is 3.11. The summed E-state index contributed by atoms with van der Waals surface area (Å²) in [4.78, 5) is 4.25. The average molecular weight is 270 g/mol. The second-order valence-electron chi connectivity index (χ2n) is 4.44. The van der Waals surface area contributed by atoms with Crippen LogP contribution in [0.15, 0.2) is 30.6 Å². The Morgan fingerprint density at radius 1 is 1.25 bits per heavy atom. The zero-order valence-electron chi connectivity index (χ0n) is 11.8. The van der Waals surface area contributed by atoms with Gasteiger partial charge in [-0.3, -0.25) is 0 Å². The molecule has 1 aromatic heterocycles. The van der Waals surface area contributed by atoms with Gasteiger partial charge in [0.1, 0.15) is 19.0 Å². The van der Waals surface area contributed by atoms with Gasteiger partial charge < -0.3 is 14.4 Å². The van der Waals surface area contributed by atoms with Crippen LogP contribution >= 0.6 is 0 Å². The minimum Gasteiger partial charge on any atom is -0.492 e. The number of nitrogens with zero attached hydrogens (tertiary/aromatic N) is 2. The lowest BCUT2D eigenvalue weighted by molar-refractivity contribution is 0.297. The summed E-state index contributed by atoms with van der Waals surface area (Å²) < 4.78 is 7.77. The SMILES string of the molecule is Cc1ncn(CCOc2ccc(C#CCO)cc2)c1C. The number of aliphatic hydroxyl groups is 1. The Labute approximate surface area is 119 Å². The van der Waals surface area contributed by atoms with Gasteiger partial charge in [-0.25, -0.2) is 4.98 Å². The monoisotopic (exact) mass is 270 g/mol. The molecule has 20 heavy (non-hydrogen) atoms. The summed E-state index contributed by atoms with van der Waals surface area (Å²) in [5, 5.41) is 8.62. The average Bonchev–Trinajstić information content (AvgIpc) is 2.78. The van der Waals surface area contributed by atoms with Crippen LogP contribution in [0.4, 0.5) is 0 Å². The van der Waals surface area contributed by atoms with E-state index in [4.69, 9.17) is 9.84 Å². The molecule has 4 nitrogen and oxygen atoms in total. The number of ether oxygens (including phenoxy) is 1. The van der Waals surface area contributed by atoms with E-state index in [2.05, 4.69) is 28.3 Å². The number of rotatable bonds is 4. The van der Waals surface area contributed by atoms with Crippen molar-refractivity contribution in [2.24, 2.45) is 0 Å². The highest BCUT2D eigenvalue weighted by atomic mass is 16.5. The molecule has 0 atom stereocenters. The van der Waals surface area contributed by atoms with Crippen LogP contribution in [0.25, 0.3) is 0 Å². The molecule has 2 aromatic rings. The van der Waals surface area contributed by atoms with Crippen molar-refractivity contribution < 1.29 is 9.84 Å². The predicted molar refractivity (Wildman–Crippen MR) is 77.6 cm³/mol. The van der Waals surface area contributed by atoms with E-state index in [-0.39, 0.29) is 6.61 Å². The molecule has 1 aromatic carbocycles. The molecule has 0 saturated carbocycles. The third kappa shape index (κ3) is 3.62. The van der Waals surface area contributed by atoms with E-state index < -0.39 is 0 Å². The van der Waals surface area contributed by atoms with Gasteiger partial charge in [-0.05, 0) is 38.1 Å². The van der Waals surface area contributed by atoms with E-state index in [9.17, 15) is 0 Å². The van der Waals surface area contributed by atoms with Crippen LogP contribution in [-0.4, -0.2) is 27.9 Å². The molecule has 0 saturated heterocycles. The van der Waals surface area contributed by atoms with Gasteiger partial charge >= 0.3 is 0 Å². The van der Waals surface area contributed by atoms with Gasteiger partial charge in [0.25, 0.3) is 0 Å². The van der Waals surface area contributed by atoms with E-state index in [1.807, 2.05) is 37.5 Å². The predicted octanol–water partition coefficient (Wildman–Crippen LogP) is 1.92. The smallest absolute Gasteiger partial charge is 0.119 e. The Morgan fingerprint density at radius 3 is 2.60 bits per heavy atom. The summed E-state index contributed by atoms with van der Waals surface area (Å²) in [5.41, 5.74) is 3.09. The van der Waals surface area contributed by atoms with E-state index in [1.54, 1.807) is 0 Å². The van der Waals surface area contributed by atoms with Gasteiger partial charge in [0, 0.05) is 11.3 Å². The van der Waals surface area contributed by atoms with Crippen molar-refractivity contribution in [3.8, 4) is 17.6 Å². The lowest BCUT2D eigenvalue weighted by atomic mass is 10.2. The van der Waals surface area contributed by atoms with Crippen molar-refractivity contribution >= 4 is 0 Å². The van der Waals surface area contributed by atoms with Crippen LogP contribution in [0.3, 0.4) is 0 Å². The molecule has 0 fully saturated rings. The van der Waals surface area contributed by atoms with E-state index in [1.165, 1.54) is 5.69 Å². The second-order valence-corrected chi connectivity index (χ2v) is 4.44. The molecule has 0 bridgehead atoms. The summed E-state index contributed by atoms with van der Waals surface area (Å²) in [5.74, 6) is 6.27. The largest absolute Gasteiger partial charge is 0.492 e. The number of aromatic nitrogens is 2. The molecular weight excluding hydrogens is 252 g/mol. The van der Waals surface area contributed by atoms with E-state index >= 15 is 0 Å². The van der Waals surface area contributed by atoms with Crippen molar-refractivity contribution in [1.29, 1.82) is 0 Å². The molecule has 0 aliphatic rings. The zero-order chi connectivity index (χ0) is 14.4. The van der Waals surface area contributed by atoms with Gasteiger partial charge in [0.05, 0.1) is 18.6 Å². The van der Waals surface area contributed by atoms with Crippen LogP contribution in [0.1, 0.15) is 17.0 Å². The highest BCUT2D eigenvalue weighted by molar-refractivity contribution is 5.38. The van der Waals surface area contributed by atoms with Crippen molar-refractivity contribution in [3.63, 3.8) is 0 Å². The molecular formula is C16H18N2O2. The van der Waals surface area contributed by atoms with Crippen molar-refractivity contribution in [2.45, 2.75) is 20.4 Å². The van der Waals surface area contributed by atoms with Gasteiger partial charge in [0.15, 0.2) is 0 Å². The summed E-state index contributed by atoms with van der Waals surface area (Å²) >= 11 is 0. The quantitative estimate of drug-likeness (QED) is 0.863. The molecule has 2 rings (SSSR count). The first-order chi connectivity index (χ1) is 9.70. The first kappa shape index (κ1) is 14.2. The number of hydrogen-bond donors (Lipinski definition) is 1. The summed E-state index contributed by atoms with van der Waals surface area (Å²) in [7, 11) is 0. The van der Waals surface area contributed by atoms with Crippen LogP contribution in [0, 0.1) is 25.7 Å². The maximum atomic E-state index is 8.62. The number of aliphatic hydroxyl groups excluding tert-OH is 1. The zero-order valence-corrected chi connectivity index (χ0v) is 11.8. The first-order valence-electron chi connectivity index (χ1n) is 6.51. The minimum absolute atomic E-state index is 0.123. The fourth-order valence-electron chi connectivity index (χ4n) is 1.81. The van der Waals surface area contributed by atoms with Crippen molar-refractivity contribution in [3.05, 3.63) is 47.5 Å². The normalized spacial score (nSPS) is 9.95. The number of imidazole rings is 1. The number of aryl methyl sites for hydroxylation is 1. The maximum Gasteiger partial charge on any atom is 0.119 e. The van der Waals surface area contributed by atoms with Gasteiger partial charge in [-0.1, -0.05) is 11.8 Å². The Kier molecular flexibility index (Phi) is 4.80. The van der Waals surface area contributed by atoms with Crippen LogP contribution in [0.5, 0.6) is 5.75 Å². The Hall–Kier alpha value is -2.25. The highest BCUT2D eigenvalue weighted by Crippen LogP contribution is 2.12. The fraction of sp³-hybridized carbons (Fsp3) is 0.312. The van der Waals surface area contributed by atoms with Crippen molar-refractivity contribution in [2.75, 3.05) is 13.2 Å². The van der Waals surface area contributed by atoms with Crippen LogP contribution in [-0.2, 0) is 6.54 Å². The van der Waals surface area contributed by atoms with Gasteiger partial charge in [0.2, 0.25) is 0 Å². The minimum atomic E-state index is -0.123. The molecule has 0 unspecified atom stereocenters. The summed E-state index contributed by atoms with van der Waals surface area (Å²) in [6.45, 7) is 5.30. The molecule has 0 spiro atoms. The molecule has 1 N–H and O–H groups in total. The molecule has 0 amide bonds. The lowest BCUT2D eigenvalue weighted by Gasteiger charge is -2.08. The topological polar surface area (TPSA) is 47.3 Å². The lowest BCUT2D eigenvalue weighted by Crippen LogP contribution is -2.08. The molecule has 0 radical (unpaired) electrons. The van der Waals surface area contributed by atoms with E-state index in [0.717, 1.165) is 23.6 Å². The Morgan fingerprint density at radius 2 is 2.00 bits per heavy atom. The third-order valence-electron chi connectivity index (χ3n) is 3.11. The van der Waals surface area contributed by atoms with Crippen LogP contribution in [0.2, 0.25) is 0 Å². The molecule has 104 valence electrons. The fourth-order valence-corrected chi connectivity index (χ4v) is 1.81. The highest BCUT2D eigenvalue weighted by Gasteiger charge is 2.01. The molecule has 0 aliphatic carbocycles. The first-order valence-corrected chi connectivity index (χ1v) is 6.51. The summed E-state index contributed by atoms with van der Waals surface area (Å²) in [6.07, 6.45) is 1.83. The Balaban J connectivity index is 1.86. The molecule has 1 heterocycles. The maximum absolute atomic E-state index is 8.62. The second kappa shape index (κ2) is 6.78. The number of hydrogen-bond acceptors (Lipinski definition) is 3. The molecule has 0 aliphatic heterocycles. The summed E-state index contributed by atoms with van der Waals surface area (Å²) in [6, 6.07) is 7.52. The van der Waals surface area contributed by atoms with Crippen LogP contribution < -0.4 is 4.74 Å². The van der Waals surface area contributed by atoms with Gasteiger partial charge in [-0.2, -0.15) is 0 Å². The van der Waals surface area contributed by atoms with Crippen molar-refractivity contribution in [1.82, 2.24) is 9.55 Å². The van der Waals surface area contributed by atoms with Gasteiger partial charge in [-0.15, -0.1) is 0 Å². The number of benzene rings is 1.